The molecule has 0 N–H and O–H groups in total. The SMILES string of the molecule is CCCCCCCCCCCCCCc1n(CC)cc[n+]1CCCC. The fraction of sp³-hybridized carbons (Fsp3) is 0.870. The molecule has 0 bridgehead atoms. The predicted molar refractivity (Wildman–Crippen MR) is 110 cm³/mol. The van der Waals surface area contributed by atoms with Crippen LogP contribution in [0.15, 0.2) is 12.4 Å². The van der Waals surface area contributed by atoms with E-state index < -0.39 is 0 Å². The summed E-state index contributed by atoms with van der Waals surface area (Å²) in [4.78, 5) is 0. The van der Waals surface area contributed by atoms with Crippen LogP contribution in [0.2, 0.25) is 0 Å². The molecule has 1 rings (SSSR count). The summed E-state index contributed by atoms with van der Waals surface area (Å²) in [5.41, 5.74) is 0. The van der Waals surface area contributed by atoms with Crippen molar-refractivity contribution in [3.05, 3.63) is 18.2 Å². The van der Waals surface area contributed by atoms with Crippen molar-refractivity contribution in [1.29, 1.82) is 0 Å². The maximum absolute atomic E-state index is 2.49. The van der Waals surface area contributed by atoms with Crippen LogP contribution in [-0.2, 0) is 19.5 Å². The average Bonchev–Trinajstić information content (AvgIpc) is 3.02. The molecule has 0 saturated heterocycles. The summed E-state index contributed by atoms with van der Waals surface area (Å²) in [6.07, 6.45) is 25.6. The predicted octanol–water partition coefficient (Wildman–Crippen LogP) is 6.84. The molecule has 0 unspecified atom stereocenters. The van der Waals surface area contributed by atoms with Crippen LogP contribution in [0.1, 0.15) is 116 Å². The summed E-state index contributed by atoms with van der Waals surface area (Å²) >= 11 is 0. The average molecular weight is 350 g/mol. The second-order valence-corrected chi connectivity index (χ2v) is 7.69. The number of rotatable bonds is 17. The van der Waals surface area contributed by atoms with Crippen molar-refractivity contribution in [3.8, 4) is 0 Å². The lowest BCUT2D eigenvalue weighted by Gasteiger charge is -2.05. The summed E-state index contributed by atoms with van der Waals surface area (Å²) in [5.74, 6) is 1.54. The molecule has 0 aliphatic heterocycles. The van der Waals surface area contributed by atoms with E-state index in [9.17, 15) is 0 Å². The quantitative estimate of drug-likeness (QED) is 0.215. The molecular formula is C23H45N2+. The minimum Gasteiger partial charge on any atom is -0.235 e. The Kier molecular flexibility index (Phi) is 13.8. The minimum absolute atomic E-state index is 1.10. The van der Waals surface area contributed by atoms with Gasteiger partial charge in [-0.1, -0.05) is 90.9 Å². The van der Waals surface area contributed by atoms with Crippen LogP contribution in [0.3, 0.4) is 0 Å². The molecule has 1 heterocycles. The van der Waals surface area contributed by atoms with Gasteiger partial charge in [0.15, 0.2) is 0 Å². The van der Waals surface area contributed by atoms with Gasteiger partial charge in [-0.3, -0.25) is 0 Å². The van der Waals surface area contributed by atoms with E-state index in [4.69, 9.17) is 0 Å². The summed E-state index contributed by atoms with van der Waals surface area (Å²) in [7, 11) is 0. The Bertz CT molecular complexity index is 408. The molecule has 0 fully saturated rings. The molecule has 0 amide bonds. The van der Waals surface area contributed by atoms with Crippen molar-refractivity contribution < 1.29 is 4.57 Å². The Morgan fingerprint density at radius 1 is 0.680 bits per heavy atom. The van der Waals surface area contributed by atoms with Crippen LogP contribution in [-0.4, -0.2) is 4.57 Å². The van der Waals surface area contributed by atoms with E-state index >= 15 is 0 Å². The standard InChI is InChI=1S/C23H45N2/c1-4-7-9-10-11-12-13-14-15-16-17-18-19-23-24(6-3)21-22-25(23)20-8-5-2/h21-22H,4-20H2,1-3H3/q+1. The Morgan fingerprint density at radius 3 is 1.72 bits per heavy atom. The number of hydrogen-bond acceptors (Lipinski definition) is 0. The van der Waals surface area contributed by atoms with Gasteiger partial charge < -0.3 is 0 Å². The van der Waals surface area contributed by atoms with Gasteiger partial charge >= 0.3 is 0 Å². The molecule has 0 saturated carbocycles. The highest BCUT2D eigenvalue weighted by atomic mass is 15.1. The van der Waals surface area contributed by atoms with E-state index in [1.54, 1.807) is 5.82 Å². The Hall–Kier alpha value is -0.790. The number of aromatic nitrogens is 2. The maximum atomic E-state index is 2.49. The van der Waals surface area contributed by atoms with E-state index in [1.165, 1.54) is 103 Å². The van der Waals surface area contributed by atoms with Crippen molar-refractivity contribution >= 4 is 0 Å². The topological polar surface area (TPSA) is 8.81 Å². The molecule has 146 valence electrons. The summed E-state index contributed by atoms with van der Waals surface area (Å²) in [6.45, 7) is 9.13. The molecule has 0 aliphatic carbocycles. The first-order valence-electron chi connectivity index (χ1n) is 11.4. The molecule has 0 aromatic carbocycles. The lowest BCUT2D eigenvalue weighted by atomic mass is 10.0. The van der Waals surface area contributed by atoms with Crippen molar-refractivity contribution in [1.82, 2.24) is 4.57 Å². The van der Waals surface area contributed by atoms with E-state index in [0.29, 0.717) is 0 Å². The van der Waals surface area contributed by atoms with Crippen LogP contribution in [0, 0.1) is 0 Å². The Morgan fingerprint density at radius 2 is 1.20 bits per heavy atom. The lowest BCUT2D eigenvalue weighted by molar-refractivity contribution is -0.704. The van der Waals surface area contributed by atoms with Gasteiger partial charge in [0.2, 0.25) is 0 Å². The van der Waals surface area contributed by atoms with Gasteiger partial charge in [-0.05, 0) is 19.8 Å². The van der Waals surface area contributed by atoms with Crippen LogP contribution in [0.25, 0.3) is 0 Å². The van der Waals surface area contributed by atoms with Crippen molar-refractivity contribution in [2.24, 2.45) is 0 Å². The lowest BCUT2D eigenvalue weighted by Crippen LogP contribution is -2.37. The fourth-order valence-corrected chi connectivity index (χ4v) is 3.73. The normalized spacial score (nSPS) is 11.3. The molecule has 0 atom stereocenters. The van der Waals surface area contributed by atoms with Crippen LogP contribution in [0.5, 0.6) is 0 Å². The third-order valence-corrected chi connectivity index (χ3v) is 5.44. The summed E-state index contributed by atoms with van der Waals surface area (Å²) in [5, 5.41) is 0. The Balaban J connectivity index is 2.05. The minimum atomic E-state index is 1.10. The van der Waals surface area contributed by atoms with Gasteiger partial charge in [0.25, 0.3) is 5.82 Å². The van der Waals surface area contributed by atoms with Crippen molar-refractivity contribution in [3.63, 3.8) is 0 Å². The largest absolute Gasteiger partial charge is 0.256 e. The zero-order chi connectivity index (χ0) is 18.2. The van der Waals surface area contributed by atoms with Gasteiger partial charge in [-0.15, -0.1) is 0 Å². The number of nitrogens with zero attached hydrogens (tertiary/aromatic N) is 2. The first kappa shape index (κ1) is 22.3. The van der Waals surface area contributed by atoms with Gasteiger partial charge in [0.05, 0.1) is 13.1 Å². The molecule has 2 nitrogen and oxygen atoms in total. The zero-order valence-corrected chi connectivity index (χ0v) is 17.6. The first-order valence-corrected chi connectivity index (χ1v) is 11.4. The highest BCUT2D eigenvalue weighted by molar-refractivity contribution is 4.83. The fourth-order valence-electron chi connectivity index (χ4n) is 3.73. The third kappa shape index (κ3) is 10.1. The molecule has 1 aromatic heterocycles. The molecule has 25 heavy (non-hydrogen) atoms. The van der Waals surface area contributed by atoms with E-state index in [2.05, 4.69) is 42.3 Å². The second-order valence-electron chi connectivity index (χ2n) is 7.69. The smallest absolute Gasteiger partial charge is 0.235 e. The number of imidazole rings is 1. The van der Waals surface area contributed by atoms with E-state index in [-0.39, 0.29) is 0 Å². The Labute approximate surface area is 158 Å². The van der Waals surface area contributed by atoms with Crippen molar-refractivity contribution in [2.45, 2.75) is 130 Å². The van der Waals surface area contributed by atoms with Crippen LogP contribution in [0.4, 0.5) is 0 Å². The van der Waals surface area contributed by atoms with Gasteiger partial charge in [0.1, 0.15) is 12.4 Å². The molecule has 0 aliphatic rings. The summed E-state index contributed by atoms with van der Waals surface area (Å²) < 4.78 is 4.93. The van der Waals surface area contributed by atoms with Crippen LogP contribution >= 0.6 is 0 Å². The maximum Gasteiger partial charge on any atom is 0.256 e. The monoisotopic (exact) mass is 349 g/mol. The molecule has 0 spiro atoms. The first-order chi connectivity index (χ1) is 12.3. The van der Waals surface area contributed by atoms with E-state index in [1.807, 2.05) is 0 Å². The van der Waals surface area contributed by atoms with Gasteiger partial charge in [0, 0.05) is 6.42 Å². The highest BCUT2D eigenvalue weighted by Crippen LogP contribution is 2.13. The third-order valence-electron chi connectivity index (χ3n) is 5.44. The zero-order valence-electron chi connectivity index (χ0n) is 17.6. The van der Waals surface area contributed by atoms with Gasteiger partial charge in [-0.2, -0.15) is 0 Å². The molecule has 1 aromatic rings. The number of hydrogen-bond donors (Lipinski definition) is 0. The molecule has 0 radical (unpaired) electrons. The number of aryl methyl sites for hydroxylation is 2. The van der Waals surface area contributed by atoms with Gasteiger partial charge in [-0.25, -0.2) is 9.13 Å². The van der Waals surface area contributed by atoms with Crippen LogP contribution < -0.4 is 4.57 Å². The number of unbranched alkanes of at least 4 members (excludes halogenated alkanes) is 12. The molecular weight excluding hydrogens is 304 g/mol. The second kappa shape index (κ2) is 15.5. The summed E-state index contributed by atoms with van der Waals surface area (Å²) in [6, 6.07) is 0. The van der Waals surface area contributed by atoms with E-state index in [0.717, 1.165) is 6.54 Å². The van der Waals surface area contributed by atoms with Crippen molar-refractivity contribution in [2.75, 3.05) is 0 Å². The highest BCUT2D eigenvalue weighted by Gasteiger charge is 2.14. The molecule has 2 heteroatoms.